The smallest absolute Gasteiger partial charge is 0.410 e. The molecule has 1 aromatic carbocycles. The van der Waals surface area contributed by atoms with Gasteiger partial charge in [-0.25, -0.2) is 4.79 Å². The standard InChI is InChI=1S/C26H36Cl2N2O5/c1-5-15-34-20-9-8-19(27)22(28)21(20)23(31)17-7-6-12-29(13-10-17)24(32)18-11-14-30(16-18)25(33)35-26(2,3)4/h5,8-9,17-18,23,31H,1,6-7,10-16H2,2-4H3/t17?,18-,23?/m0/s1. The van der Waals surface area contributed by atoms with E-state index in [-0.39, 0.29) is 35.5 Å². The average molecular weight is 527 g/mol. The minimum atomic E-state index is -0.870. The summed E-state index contributed by atoms with van der Waals surface area (Å²) >= 11 is 12.7. The maximum absolute atomic E-state index is 13.2. The van der Waals surface area contributed by atoms with Crippen LogP contribution in [0, 0.1) is 11.8 Å². The van der Waals surface area contributed by atoms with Crippen LogP contribution in [0.25, 0.3) is 0 Å². The summed E-state index contributed by atoms with van der Waals surface area (Å²) in [7, 11) is 0. The molecule has 2 unspecified atom stereocenters. The molecule has 0 saturated carbocycles. The van der Waals surface area contributed by atoms with Crippen molar-refractivity contribution in [1.82, 2.24) is 9.80 Å². The molecule has 0 radical (unpaired) electrons. The summed E-state index contributed by atoms with van der Waals surface area (Å²) in [6, 6.07) is 3.35. The predicted octanol–water partition coefficient (Wildman–Crippen LogP) is 5.48. The quantitative estimate of drug-likeness (QED) is 0.496. The second-order valence-corrected chi connectivity index (χ2v) is 11.0. The molecule has 1 N–H and O–H groups in total. The van der Waals surface area contributed by atoms with Crippen LogP contribution in [0.5, 0.6) is 5.75 Å². The molecule has 0 bridgehead atoms. The molecule has 194 valence electrons. The van der Waals surface area contributed by atoms with Crippen LogP contribution in [-0.4, -0.2) is 65.3 Å². The molecular weight excluding hydrogens is 491 g/mol. The highest BCUT2D eigenvalue weighted by Gasteiger charge is 2.37. The van der Waals surface area contributed by atoms with E-state index in [4.69, 9.17) is 32.7 Å². The summed E-state index contributed by atoms with van der Waals surface area (Å²) in [6.07, 6.45) is 3.13. The van der Waals surface area contributed by atoms with Gasteiger partial charge in [0.05, 0.1) is 22.1 Å². The topological polar surface area (TPSA) is 79.3 Å². The number of carbonyl (C=O) groups excluding carboxylic acids is 2. The average Bonchev–Trinajstić information content (AvgIpc) is 3.16. The van der Waals surface area contributed by atoms with Gasteiger partial charge in [-0.3, -0.25) is 4.79 Å². The summed E-state index contributed by atoms with van der Waals surface area (Å²) in [5.41, 5.74) is -0.0861. The normalized spacial score (nSPS) is 21.9. The molecule has 0 aromatic heterocycles. The molecule has 2 aliphatic rings. The van der Waals surface area contributed by atoms with Gasteiger partial charge >= 0.3 is 6.09 Å². The molecule has 2 aliphatic heterocycles. The van der Waals surface area contributed by atoms with Crippen molar-refractivity contribution in [2.45, 2.75) is 58.2 Å². The molecule has 0 aliphatic carbocycles. The van der Waals surface area contributed by atoms with Gasteiger partial charge < -0.3 is 24.4 Å². The lowest BCUT2D eigenvalue weighted by Crippen LogP contribution is -2.40. The van der Waals surface area contributed by atoms with Crippen molar-refractivity contribution >= 4 is 35.2 Å². The number of amides is 2. The number of hydrogen-bond acceptors (Lipinski definition) is 5. The van der Waals surface area contributed by atoms with E-state index in [0.29, 0.717) is 55.4 Å². The highest BCUT2D eigenvalue weighted by Crippen LogP contribution is 2.42. The summed E-state index contributed by atoms with van der Waals surface area (Å²) in [4.78, 5) is 29.1. The van der Waals surface area contributed by atoms with Crippen molar-refractivity contribution in [3.63, 3.8) is 0 Å². The zero-order valence-electron chi connectivity index (χ0n) is 20.8. The SMILES string of the molecule is C=CCOc1ccc(Cl)c(Cl)c1C(O)C1CCCN(C(=O)[C@H]2CCN(C(=O)OC(C)(C)C)C2)CC1. The number of ether oxygens (including phenoxy) is 2. The molecule has 2 amide bonds. The maximum atomic E-state index is 13.2. The fourth-order valence-corrected chi connectivity index (χ4v) is 5.14. The van der Waals surface area contributed by atoms with Crippen LogP contribution in [0.4, 0.5) is 4.79 Å². The monoisotopic (exact) mass is 526 g/mol. The zero-order valence-corrected chi connectivity index (χ0v) is 22.3. The Morgan fingerprint density at radius 2 is 1.89 bits per heavy atom. The molecule has 0 spiro atoms. The number of carbonyl (C=O) groups is 2. The van der Waals surface area contributed by atoms with Gasteiger partial charge in [-0.1, -0.05) is 35.9 Å². The van der Waals surface area contributed by atoms with Gasteiger partial charge in [0.1, 0.15) is 18.0 Å². The third-order valence-corrected chi connectivity index (χ3v) is 7.28. The Morgan fingerprint density at radius 3 is 2.57 bits per heavy atom. The van der Waals surface area contributed by atoms with Gasteiger partial charge in [-0.2, -0.15) is 0 Å². The number of rotatable bonds is 6. The number of hydrogen-bond donors (Lipinski definition) is 1. The first kappa shape index (κ1) is 27.6. The maximum Gasteiger partial charge on any atom is 0.410 e. The lowest BCUT2D eigenvalue weighted by Gasteiger charge is -2.27. The van der Waals surface area contributed by atoms with E-state index >= 15 is 0 Å². The van der Waals surface area contributed by atoms with Crippen molar-refractivity contribution in [1.29, 1.82) is 0 Å². The van der Waals surface area contributed by atoms with Crippen LogP contribution in [0.1, 0.15) is 58.1 Å². The number of aliphatic hydroxyl groups is 1. The van der Waals surface area contributed by atoms with Crippen molar-refractivity contribution in [2.75, 3.05) is 32.8 Å². The highest BCUT2D eigenvalue weighted by atomic mass is 35.5. The second kappa shape index (κ2) is 11.8. The molecule has 2 heterocycles. The first-order valence-electron chi connectivity index (χ1n) is 12.2. The number of aliphatic hydroxyl groups excluding tert-OH is 1. The van der Waals surface area contributed by atoms with Crippen molar-refractivity contribution in [2.24, 2.45) is 11.8 Å². The van der Waals surface area contributed by atoms with E-state index in [1.807, 2.05) is 25.7 Å². The Balaban J connectivity index is 1.63. The lowest BCUT2D eigenvalue weighted by atomic mass is 9.89. The van der Waals surface area contributed by atoms with Crippen LogP contribution in [-0.2, 0) is 9.53 Å². The Morgan fingerprint density at radius 1 is 1.17 bits per heavy atom. The molecule has 3 rings (SSSR count). The Labute approximate surface area is 217 Å². The third-order valence-electron chi connectivity index (χ3n) is 6.47. The van der Waals surface area contributed by atoms with E-state index in [1.165, 1.54) is 0 Å². The second-order valence-electron chi connectivity index (χ2n) is 10.2. The molecule has 2 fully saturated rings. The first-order valence-corrected chi connectivity index (χ1v) is 12.9. The van der Waals surface area contributed by atoms with Gasteiger partial charge in [0.25, 0.3) is 0 Å². The fourth-order valence-electron chi connectivity index (χ4n) is 4.71. The molecular formula is C26H36Cl2N2O5. The van der Waals surface area contributed by atoms with Crippen molar-refractivity contribution in [3.05, 3.63) is 40.4 Å². The van der Waals surface area contributed by atoms with Gasteiger partial charge in [0.15, 0.2) is 0 Å². The van der Waals surface area contributed by atoms with Crippen molar-refractivity contribution < 1.29 is 24.2 Å². The van der Waals surface area contributed by atoms with E-state index in [1.54, 1.807) is 23.1 Å². The summed E-state index contributed by atoms with van der Waals surface area (Å²) in [5.74, 6) is 0.209. The number of benzene rings is 1. The van der Waals surface area contributed by atoms with Gasteiger partial charge in [0, 0.05) is 31.7 Å². The van der Waals surface area contributed by atoms with Gasteiger partial charge in [-0.05, 0) is 64.5 Å². The molecule has 1 aromatic rings. The molecule has 9 heteroatoms. The number of nitrogens with zero attached hydrogens (tertiary/aromatic N) is 2. The van der Waals surface area contributed by atoms with E-state index in [2.05, 4.69) is 6.58 Å². The number of likely N-dealkylation sites (tertiary alicyclic amines) is 2. The summed E-state index contributed by atoms with van der Waals surface area (Å²) in [5, 5.41) is 11.9. The molecule has 7 nitrogen and oxygen atoms in total. The lowest BCUT2D eigenvalue weighted by molar-refractivity contribution is -0.135. The largest absolute Gasteiger partial charge is 0.489 e. The predicted molar refractivity (Wildman–Crippen MR) is 137 cm³/mol. The first-order chi connectivity index (χ1) is 16.5. The summed E-state index contributed by atoms with van der Waals surface area (Å²) in [6.45, 7) is 11.5. The minimum absolute atomic E-state index is 0.0574. The van der Waals surface area contributed by atoms with Crippen molar-refractivity contribution in [3.8, 4) is 5.75 Å². The van der Waals surface area contributed by atoms with Crippen LogP contribution >= 0.6 is 23.2 Å². The van der Waals surface area contributed by atoms with Gasteiger partial charge in [-0.15, -0.1) is 0 Å². The summed E-state index contributed by atoms with van der Waals surface area (Å²) < 4.78 is 11.2. The zero-order chi connectivity index (χ0) is 25.8. The van der Waals surface area contributed by atoms with Crippen LogP contribution in [0.3, 0.4) is 0 Å². The van der Waals surface area contributed by atoms with E-state index in [0.717, 1.165) is 12.8 Å². The van der Waals surface area contributed by atoms with Gasteiger partial charge in [0.2, 0.25) is 5.91 Å². The number of halogens is 2. The van der Waals surface area contributed by atoms with E-state index in [9.17, 15) is 14.7 Å². The molecule has 2 saturated heterocycles. The Kier molecular flexibility index (Phi) is 9.35. The molecule has 3 atom stereocenters. The third kappa shape index (κ3) is 7.05. The van der Waals surface area contributed by atoms with Crippen LogP contribution < -0.4 is 4.74 Å². The van der Waals surface area contributed by atoms with E-state index < -0.39 is 11.7 Å². The fraction of sp³-hybridized carbons (Fsp3) is 0.615. The minimum Gasteiger partial charge on any atom is -0.489 e. The highest BCUT2D eigenvalue weighted by molar-refractivity contribution is 6.42. The van der Waals surface area contributed by atoms with Crippen LogP contribution in [0.15, 0.2) is 24.8 Å². The Bertz CT molecular complexity index is 933. The molecule has 35 heavy (non-hydrogen) atoms. The Hall–Kier alpha value is -1.96. The van der Waals surface area contributed by atoms with Crippen LogP contribution in [0.2, 0.25) is 10.0 Å².